The Labute approximate surface area is 162 Å². The zero-order valence-electron chi connectivity index (χ0n) is 15.4. The van der Waals surface area contributed by atoms with Crippen molar-refractivity contribution in [3.8, 4) is 5.75 Å². The average molecular weight is 383 g/mol. The molecule has 146 valence electrons. The number of carbonyl (C=O) groups excluding carboxylic acids is 2. The number of hydrogen-bond donors (Lipinski definition) is 1. The molecule has 2 aromatic rings. The molecule has 8 heteroatoms. The molecule has 1 heterocycles. The second-order valence-corrected chi connectivity index (χ2v) is 6.67. The molecule has 3 rings (SSSR count). The zero-order chi connectivity index (χ0) is 20.1. The molecule has 0 unspecified atom stereocenters. The topological polar surface area (TPSA) is 102 Å². The van der Waals surface area contributed by atoms with Crippen LogP contribution in [0.2, 0.25) is 0 Å². The molecule has 2 atom stereocenters. The normalized spacial score (nSPS) is 18.8. The van der Waals surface area contributed by atoms with Gasteiger partial charge in [-0.25, -0.2) is 0 Å². The fourth-order valence-corrected chi connectivity index (χ4v) is 3.19. The second kappa shape index (κ2) is 8.51. The van der Waals surface area contributed by atoms with Crippen LogP contribution in [0.3, 0.4) is 0 Å². The van der Waals surface area contributed by atoms with Crippen molar-refractivity contribution in [2.45, 2.75) is 32.0 Å². The van der Waals surface area contributed by atoms with Crippen molar-refractivity contribution in [2.24, 2.45) is 0 Å². The van der Waals surface area contributed by atoms with E-state index in [0.717, 1.165) is 5.56 Å². The number of hydrogen-bond acceptors (Lipinski definition) is 5. The Morgan fingerprint density at radius 1 is 1.25 bits per heavy atom. The van der Waals surface area contributed by atoms with Crippen molar-refractivity contribution in [1.82, 2.24) is 10.2 Å². The second-order valence-electron chi connectivity index (χ2n) is 6.67. The highest BCUT2D eigenvalue weighted by molar-refractivity contribution is 5.83. The number of carbonyl (C=O) groups is 2. The van der Waals surface area contributed by atoms with E-state index in [2.05, 4.69) is 5.32 Å². The van der Waals surface area contributed by atoms with Gasteiger partial charge in [-0.2, -0.15) is 0 Å². The van der Waals surface area contributed by atoms with Crippen LogP contribution in [0, 0.1) is 10.1 Å². The van der Waals surface area contributed by atoms with Gasteiger partial charge >= 0.3 is 0 Å². The summed E-state index contributed by atoms with van der Waals surface area (Å²) < 4.78 is 5.34. The standard InChI is InChI=1S/C20H21N3O5/c1-14-18(11-20(25)22(14)12-15-6-3-2-4-7-15)21-19(24)13-28-17-9-5-8-16(10-17)23(26)27/h2-10,14,18H,11-13H2,1H3,(H,21,24)/t14-,18+/m1/s1. The van der Waals surface area contributed by atoms with Gasteiger partial charge in [0.25, 0.3) is 11.6 Å². The van der Waals surface area contributed by atoms with Gasteiger partial charge in [0.2, 0.25) is 5.91 Å². The van der Waals surface area contributed by atoms with Gasteiger partial charge in [0, 0.05) is 25.1 Å². The summed E-state index contributed by atoms with van der Waals surface area (Å²) in [6.07, 6.45) is 0.233. The summed E-state index contributed by atoms with van der Waals surface area (Å²) >= 11 is 0. The maximum atomic E-state index is 12.3. The first-order valence-electron chi connectivity index (χ1n) is 8.94. The van der Waals surface area contributed by atoms with Crippen LogP contribution in [0.15, 0.2) is 54.6 Å². The van der Waals surface area contributed by atoms with E-state index in [-0.39, 0.29) is 48.4 Å². The molecule has 2 aromatic carbocycles. The van der Waals surface area contributed by atoms with Crippen molar-refractivity contribution in [3.63, 3.8) is 0 Å². The number of nitro groups is 1. The van der Waals surface area contributed by atoms with E-state index in [1.807, 2.05) is 37.3 Å². The minimum atomic E-state index is -0.528. The van der Waals surface area contributed by atoms with E-state index in [1.54, 1.807) is 11.0 Å². The molecule has 1 N–H and O–H groups in total. The van der Waals surface area contributed by atoms with E-state index >= 15 is 0 Å². The predicted molar refractivity (Wildman–Crippen MR) is 102 cm³/mol. The molecular formula is C20H21N3O5. The summed E-state index contributed by atoms with van der Waals surface area (Å²) in [5.74, 6) is -0.149. The van der Waals surface area contributed by atoms with E-state index in [0.29, 0.717) is 6.54 Å². The van der Waals surface area contributed by atoms with Gasteiger partial charge in [-0.1, -0.05) is 36.4 Å². The monoisotopic (exact) mass is 383 g/mol. The number of likely N-dealkylation sites (tertiary alicyclic amines) is 1. The molecule has 28 heavy (non-hydrogen) atoms. The number of nitrogens with one attached hydrogen (secondary N) is 1. The van der Waals surface area contributed by atoms with Crippen LogP contribution in [0.25, 0.3) is 0 Å². The molecule has 1 aliphatic heterocycles. The van der Waals surface area contributed by atoms with Crippen molar-refractivity contribution >= 4 is 17.5 Å². The quantitative estimate of drug-likeness (QED) is 0.584. The van der Waals surface area contributed by atoms with Crippen molar-refractivity contribution < 1.29 is 19.2 Å². The molecule has 0 saturated carbocycles. The Balaban J connectivity index is 1.53. The molecule has 0 spiro atoms. The summed E-state index contributed by atoms with van der Waals surface area (Å²) in [6, 6.07) is 14.9. The number of benzene rings is 2. The number of rotatable bonds is 7. The highest BCUT2D eigenvalue weighted by atomic mass is 16.6. The Morgan fingerprint density at radius 2 is 2.00 bits per heavy atom. The van der Waals surface area contributed by atoms with Crippen LogP contribution in [0.1, 0.15) is 18.9 Å². The van der Waals surface area contributed by atoms with Crippen molar-refractivity contribution in [3.05, 3.63) is 70.3 Å². The van der Waals surface area contributed by atoms with E-state index in [4.69, 9.17) is 4.74 Å². The lowest BCUT2D eigenvalue weighted by molar-refractivity contribution is -0.384. The van der Waals surface area contributed by atoms with E-state index in [9.17, 15) is 19.7 Å². The minimum Gasteiger partial charge on any atom is -0.484 e. The van der Waals surface area contributed by atoms with Gasteiger partial charge < -0.3 is 15.0 Å². The van der Waals surface area contributed by atoms with Gasteiger partial charge in [0.15, 0.2) is 6.61 Å². The van der Waals surface area contributed by atoms with Crippen LogP contribution >= 0.6 is 0 Å². The first kappa shape index (κ1) is 19.3. The highest BCUT2D eigenvalue weighted by Crippen LogP contribution is 2.22. The fourth-order valence-electron chi connectivity index (χ4n) is 3.19. The number of nitro benzene ring substituents is 1. The Hall–Kier alpha value is -3.42. The van der Waals surface area contributed by atoms with Gasteiger partial charge in [0.1, 0.15) is 5.75 Å². The lowest BCUT2D eigenvalue weighted by Crippen LogP contribution is -2.44. The fraction of sp³-hybridized carbons (Fsp3) is 0.300. The average Bonchev–Trinajstić information content (AvgIpc) is 2.95. The molecule has 1 saturated heterocycles. The molecular weight excluding hydrogens is 362 g/mol. The van der Waals surface area contributed by atoms with Crippen LogP contribution in [-0.2, 0) is 16.1 Å². The van der Waals surface area contributed by atoms with Gasteiger partial charge in [-0.15, -0.1) is 0 Å². The highest BCUT2D eigenvalue weighted by Gasteiger charge is 2.37. The number of ether oxygens (including phenoxy) is 1. The lowest BCUT2D eigenvalue weighted by atomic mass is 10.1. The van der Waals surface area contributed by atoms with Gasteiger partial charge in [-0.05, 0) is 18.6 Å². The molecule has 0 bridgehead atoms. The SMILES string of the molecule is C[C@@H]1[C@@H](NC(=O)COc2cccc([N+](=O)[O-])c2)CC(=O)N1Cc1ccccc1. The third-order valence-electron chi connectivity index (χ3n) is 4.73. The maximum absolute atomic E-state index is 12.3. The first-order chi connectivity index (χ1) is 13.4. The lowest BCUT2D eigenvalue weighted by Gasteiger charge is -2.25. The largest absolute Gasteiger partial charge is 0.484 e. The molecule has 8 nitrogen and oxygen atoms in total. The molecule has 1 fully saturated rings. The number of amides is 2. The van der Waals surface area contributed by atoms with E-state index in [1.165, 1.54) is 18.2 Å². The number of nitrogens with zero attached hydrogens (tertiary/aromatic N) is 2. The zero-order valence-corrected chi connectivity index (χ0v) is 15.4. The summed E-state index contributed by atoms with van der Waals surface area (Å²) in [6.45, 7) is 2.12. The summed E-state index contributed by atoms with van der Waals surface area (Å²) in [5, 5.41) is 13.6. The minimum absolute atomic E-state index is 0.0127. The smallest absolute Gasteiger partial charge is 0.273 e. The summed E-state index contributed by atoms with van der Waals surface area (Å²) in [5.41, 5.74) is 0.924. The van der Waals surface area contributed by atoms with Crippen LogP contribution in [-0.4, -0.2) is 40.3 Å². The van der Waals surface area contributed by atoms with Crippen LogP contribution in [0.4, 0.5) is 5.69 Å². The summed E-state index contributed by atoms with van der Waals surface area (Å²) in [7, 11) is 0. The van der Waals surface area contributed by atoms with Crippen LogP contribution in [0.5, 0.6) is 5.75 Å². The molecule has 0 aromatic heterocycles. The first-order valence-corrected chi connectivity index (χ1v) is 8.94. The van der Waals surface area contributed by atoms with Crippen molar-refractivity contribution in [2.75, 3.05) is 6.61 Å². The maximum Gasteiger partial charge on any atom is 0.273 e. The van der Waals surface area contributed by atoms with Gasteiger partial charge in [-0.3, -0.25) is 19.7 Å². The number of non-ortho nitro benzene ring substituents is 1. The molecule has 1 aliphatic rings. The summed E-state index contributed by atoms with van der Waals surface area (Å²) in [4.78, 5) is 36.6. The molecule has 0 aliphatic carbocycles. The molecule has 0 radical (unpaired) electrons. The molecule has 2 amide bonds. The Morgan fingerprint density at radius 3 is 2.71 bits per heavy atom. The Bertz CT molecular complexity index is 871. The Kier molecular flexibility index (Phi) is 5.88. The van der Waals surface area contributed by atoms with E-state index < -0.39 is 4.92 Å². The van der Waals surface area contributed by atoms with Gasteiger partial charge in [0.05, 0.1) is 17.0 Å². The third kappa shape index (κ3) is 4.64. The van der Waals surface area contributed by atoms with Crippen LogP contribution < -0.4 is 10.1 Å². The van der Waals surface area contributed by atoms with Crippen molar-refractivity contribution in [1.29, 1.82) is 0 Å². The predicted octanol–water partition coefficient (Wildman–Crippen LogP) is 2.28. The third-order valence-corrected chi connectivity index (χ3v) is 4.73.